The van der Waals surface area contributed by atoms with Crippen molar-refractivity contribution in [2.24, 2.45) is 0 Å². The molecule has 0 saturated heterocycles. The Morgan fingerprint density at radius 2 is 1.65 bits per heavy atom. The Morgan fingerprint density at radius 3 is 2.24 bits per heavy atom. The molecule has 2 heteroatoms. The second-order valence-corrected chi connectivity index (χ2v) is 4.52. The Kier molecular flexibility index (Phi) is 3.82. The van der Waals surface area contributed by atoms with E-state index in [0.29, 0.717) is 6.61 Å². The molecule has 88 valence electrons. The van der Waals surface area contributed by atoms with E-state index >= 15 is 0 Å². The molecule has 0 N–H and O–H groups in total. The largest absolute Gasteiger partial charge is 0.380 e. The molecule has 0 aliphatic rings. The number of hydrogen-bond donors (Lipinski definition) is 0. The average molecular weight is 247 g/mol. The number of rotatable bonds is 3. The van der Waals surface area contributed by atoms with Crippen molar-refractivity contribution in [3.63, 3.8) is 0 Å². The van der Waals surface area contributed by atoms with Gasteiger partial charge in [-0.2, -0.15) is 0 Å². The molecule has 0 aliphatic heterocycles. The average Bonchev–Trinajstić information content (AvgIpc) is 2.33. The molecule has 0 aliphatic carbocycles. The van der Waals surface area contributed by atoms with Gasteiger partial charge in [0.2, 0.25) is 0 Å². The van der Waals surface area contributed by atoms with Gasteiger partial charge in [-0.3, -0.25) is 0 Å². The zero-order valence-electron chi connectivity index (χ0n) is 10.0. The van der Waals surface area contributed by atoms with Crippen LogP contribution in [0.4, 0.5) is 0 Å². The fourth-order valence-corrected chi connectivity index (χ4v) is 1.96. The van der Waals surface area contributed by atoms with E-state index in [1.165, 1.54) is 22.3 Å². The Balaban J connectivity index is 2.34. The van der Waals surface area contributed by atoms with Crippen molar-refractivity contribution in [2.45, 2.75) is 13.5 Å². The highest BCUT2D eigenvalue weighted by molar-refractivity contribution is 6.30. The summed E-state index contributed by atoms with van der Waals surface area (Å²) in [6.07, 6.45) is 0. The third-order valence-corrected chi connectivity index (χ3v) is 3.07. The predicted octanol–water partition coefficient (Wildman–Crippen LogP) is 4.46. The second kappa shape index (κ2) is 5.35. The SMILES string of the molecule is COCc1ccc(-c2ccc(Cl)cc2)cc1C. The maximum absolute atomic E-state index is 5.88. The maximum atomic E-state index is 5.88. The van der Waals surface area contributed by atoms with Crippen LogP contribution in [-0.2, 0) is 11.3 Å². The van der Waals surface area contributed by atoms with Crippen molar-refractivity contribution in [3.05, 3.63) is 58.6 Å². The van der Waals surface area contributed by atoms with Gasteiger partial charge in [-0.05, 0) is 41.3 Å². The molecule has 2 aromatic carbocycles. The summed E-state index contributed by atoms with van der Waals surface area (Å²) in [5.41, 5.74) is 4.87. The van der Waals surface area contributed by atoms with Crippen LogP contribution in [0.5, 0.6) is 0 Å². The van der Waals surface area contributed by atoms with Crippen LogP contribution in [0.3, 0.4) is 0 Å². The highest BCUT2D eigenvalue weighted by Crippen LogP contribution is 2.24. The lowest BCUT2D eigenvalue weighted by Gasteiger charge is -2.08. The fraction of sp³-hybridized carbons (Fsp3) is 0.200. The van der Waals surface area contributed by atoms with Crippen LogP contribution in [0.2, 0.25) is 5.02 Å². The number of halogens is 1. The molecule has 0 atom stereocenters. The van der Waals surface area contributed by atoms with E-state index in [-0.39, 0.29) is 0 Å². The van der Waals surface area contributed by atoms with E-state index in [9.17, 15) is 0 Å². The Hall–Kier alpha value is -1.31. The van der Waals surface area contributed by atoms with Crippen molar-refractivity contribution in [3.8, 4) is 11.1 Å². The van der Waals surface area contributed by atoms with E-state index in [2.05, 4.69) is 25.1 Å². The molecule has 1 nitrogen and oxygen atoms in total. The molecule has 2 aromatic rings. The van der Waals surface area contributed by atoms with Gasteiger partial charge in [-0.15, -0.1) is 0 Å². The van der Waals surface area contributed by atoms with Crippen molar-refractivity contribution < 1.29 is 4.74 Å². The van der Waals surface area contributed by atoms with E-state index in [1.54, 1.807) is 7.11 Å². The lowest BCUT2D eigenvalue weighted by atomic mass is 10.0. The molecule has 0 saturated carbocycles. The molecular weight excluding hydrogens is 232 g/mol. The summed E-state index contributed by atoms with van der Waals surface area (Å²) in [5, 5.41) is 0.765. The van der Waals surface area contributed by atoms with Crippen LogP contribution in [0, 0.1) is 6.92 Å². The third-order valence-electron chi connectivity index (χ3n) is 2.82. The third kappa shape index (κ3) is 2.87. The smallest absolute Gasteiger partial charge is 0.0715 e. The van der Waals surface area contributed by atoms with Gasteiger partial charge in [0.15, 0.2) is 0 Å². The molecule has 0 fully saturated rings. The van der Waals surface area contributed by atoms with Crippen LogP contribution in [-0.4, -0.2) is 7.11 Å². The van der Waals surface area contributed by atoms with Gasteiger partial charge in [0.25, 0.3) is 0 Å². The predicted molar refractivity (Wildman–Crippen MR) is 72.3 cm³/mol. The summed E-state index contributed by atoms with van der Waals surface area (Å²) >= 11 is 5.88. The maximum Gasteiger partial charge on any atom is 0.0715 e. The molecule has 17 heavy (non-hydrogen) atoms. The number of hydrogen-bond acceptors (Lipinski definition) is 1. The number of aryl methyl sites for hydroxylation is 1. The number of benzene rings is 2. The Bertz CT molecular complexity index is 503. The van der Waals surface area contributed by atoms with E-state index in [4.69, 9.17) is 16.3 Å². The first-order valence-corrected chi connectivity index (χ1v) is 5.93. The van der Waals surface area contributed by atoms with Crippen molar-refractivity contribution in [1.82, 2.24) is 0 Å². The Labute approximate surface area is 107 Å². The van der Waals surface area contributed by atoms with Gasteiger partial charge in [-0.1, -0.05) is 41.9 Å². The molecule has 0 radical (unpaired) electrons. The molecule has 0 amide bonds. The minimum absolute atomic E-state index is 0.659. The highest BCUT2D eigenvalue weighted by atomic mass is 35.5. The minimum Gasteiger partial charge on any atom is -0.380 e. The van der Waals surface area contributed by atoms with E-state index in [0.717, 1.165) is 5.02 Å². The summed E-state index contributed by atoms with van der Waals surface area (Å²) in [6.45, 7) is 2.76. The summed E-state index contributed by atoms with van der Waals surface area (Å²) in [4.78, 5) is 0. The van der Waals surface area contributed by atoms with Gasteiger partial charge in [-0.25, -0.2) is 0 Å². The molecule has 0 unspecified atom stereocenters. The molecular formula is C15H15ClO. The minimum atomic E-state index is 0.659. The first-order valence-electron chi connectivity index (χ1n) is 5.55. The lowest BCUT2D eigenvalue weighted by Crippen LogP contribution is -1.92. The van der Waals surface area contributed by atoms with E-state index in [1.807, 2.05) is 24.3 Å². The van der Waals surface area contributed by atoms with Crippen LogP contribution in [0.25, 0.3) is 11.1 Å². The number of ether oxygens (including phenoxy) is 1. The number of methoxy groups -OCH3 is 1. The van der Waals surface area contributed by atoms with Gasteiger partial charge < -0.3 is 4.74 Å². The second-order valence-electron chi connectivity index (χ2n) is 4.08. The van der Waals surface area contributed by atoms with Crippen LogP contribution >= 0.6 is 11.6 Å². The topological polar surface area (TPSA) is 9.23 Å². The molecule has 0 bridgehead atoms. The lowest BCUT2D eigenvalue weighted by molar-refractivity contribution is 0.184. The highest BCUT2D eigenvalue weighted by Gasteiger charge is 2.02. The van der Waals surface area contributed by atoms with E-state index < -0.39 is 0 Å². The zero-order valence-corrected chi connectivity index (χ0v) is 10.8. The van der Waals surface area contributed by atoms with Gasteiger partial charge >= 0.3 is 0 Å². The van der Waals surface area contributed by atoms with Crippen LogP contribution < -0.4 is 0 Å². The van der Waals surface area contributed by atoms with Gasteiger partial charge in [0.1, 0.15) is 0 Å². The van der Waals surface area contributed by atoms with Crippen LogP contribution in [0.15, 0.2) is 42.5 Å². The van der Waals surface area contributed by atoms with Crippen LogP contribution in [0.1, 0.15) is 11.1 Å². The first-order chi connectivity index (χ1) is 8.20. The summed E-state index contributed by atoms with van der Waals surface area (Å²) in [7, 11) is 1.71. The molecule has 2 rings (SSSR count). The Morgan fingerprint density at radius 1 is 1.00 bits per heavy atom. The molecule has 0 spiro atoms. The summed E-state index contributed by atoms with van der Waals surface area (Å²) in [5.74, 6) is 0. The molecule has 0 heterocycles. The van der Waals surface area contributed by atoms with Crippen molar-refractivity contribution in [2.75, 3.05) is 7.11 Å². The quantitative estimate of drug-likeness (QED) is 0.777. The first kappa shape index (κ1) is 12.2. The van der Waals surface area contributed by atoms with Crippen molar-refractivity contribution >= 4 is 11.6 Å². The van der Waals surface area contributed by atoms with Gasteiger partial charge in [0.05, 0.1) is 6.61 Å². The summed E-state index contributed by atoms with van der Waals surface area (Å²) in [6, 6.07) is 14.3. The van der Waals surface area contributed by atoms with Crippen molar-refractivity contribution in [1.29, 1.82) is 0 Å². The standard InChI is InChI=1S/C15H15ClO/c1-11-9-13(3-4-14(11)10-17-2)12-5-7-15(16)8-6-12/h3-9H,10H2,1-2H3. The zero-order chi connectivity index (χ0) is 12.3. The molecule has 0 aromatic heterocycles. The fourth-order valence-electron chi connectivity index (χ4n) is 1.84. The normalized spacial score (nSPS) is 10.5. The van der Waals surface area contributed by atoms with Gasteiger partial charge in [0, 0.05) is 12.1 Å². The monoisotopic (exact) mass is 246 g/mol. The summed E-state index contributed by atoms with van der Waals surface area (Å²) < 4.78 is 5.15.